The Morgan fingerprint density at radius 3 is 2.93 bits per heavy atom. The highest BCUT2D eigenvalue weighted by atomic mass is 16.5. The summed E-state index contributed by atoms with van der Waals surface area (Å²) in [6, 6.07) is 9.68. The summed E-state index contributed by atoms with van der Waals surface area (Å²) in [6.45, 7) is 2.07. The van der Waals surface area contributed by atoms with Crippen molar-refractivity contribution in [2.45, 2.75) is 25.5 Å². The molecule has 7 heteroatoms. The summed E-state index contributed by atoms with van der Waals surface area (Å²) >= 11 is 0. The number of fused-ring (bicyclic) bond motifs is 1. The number of rotatable bonds is 4. The van der Waals surface area contributed by atoms with Gasteiger partial charge in [-0.3, -0.25) is 9.78 Å². The number of ether oxygens (including phenoxy) is 1. The molecule has 3 aromatic rings. The first kappa shape index (κ1) is 17.4. The molecule has 0 unspecified atom stereocenters. The van der Waals surface area contributed by atoms with Gasteiger partial charge in [-0.05, 0) is 12.1 Å². The van der Waals surface area contributed by atoms with E-state index in [4.69, 9.17) is 9.15 Å². The van der Waals surface area contributed by atoms with Crippen LogP contribution in [0.5, 0.6) is 0 Å². The van der Waals surface area contributed by atoms with Crippen molar-refractivity contribution in [1.29, 1.82) is 0 Å². The number of nitrogens with zero attached hydrogens (tertiary/aromatic N) is 4. The molecule has 138 valence electrons. The normalized spacial score (nSPS) is 20.0. The Bertz CT molecular complexity index is 992. The summed E-state index contributed by atoms with van der Waals surface area (Å²) in [5.74, 6) is 0.791. The van der Waals surface area contributed by atoms with E-state index < -0.39 is 0 Å². The molecule has 0 N–H and O–H groups in total. The van der Waals surface area contributed by atoms with Gasteiger partial charge in [0.2, 0.25) is 17.7 Å². The number of hydrogen-bond donors (Lipinski definition) is 0. The van der Waals surface area contributed by atoms with Gasteiger partial charge in [-0.2, -0.15) is 0 Å². The van der Waals surface area contributed by atoms with Crippen LogP contribution in [0.2, 0.25) is 0 Å². The Morgan fingerprint density at radius 2 is 2.11 bits per heavy atom. The number of carbonyl (C=O) groups is 1. The largest absolute Gasteiger partial charge is 0.419 e. The molecular weight excluding hydrogens is 344 g/mol. The fourth-order valence-electron chi connectivity index (χ4n) is 3.42. The Labute approximate surface area is 156 Å². The number of benzene rings is 1. The van der Waals surface area contributed by atoms with Crippen LogP contribution in [0.3, 0.4) is 0 Å². The van der Waals surface area contributed by atoms with E-state index in [1.54, 1.807) is 24.3 Å². The van der Waals surface area contributed by atoms with Crippen molar-refractivity contribution in [3.8, 4) is 0 Å². The maximum absolute atomic E-state index is 11.9. The zero-order valence-electron chi connectivity index (χ0n) is 15.2. The van der Waals surface area contributed by atoms with Crippen LogP contribution in [0, 0.1) is 0 Å². The predicted molar refractivity (Wildman–Crippen MR) is 101 cm³/mol. The second-order valence-electron chi connectivity index (χ2n) is 6.51. The zero-order valence-corrected chi connectivity index (χ0v) is 15.2. The summed E-state index contributed by atoms with van der Waals surface area (Å²) in [5.41, 5.74) is 1.89. The molecule has 2 aromatic heterocycles. The van der Waals surface area contributed by atoms with Gasteiger partial charge in [0.1, 0.15) is 6.04 Å². The molecule has 1 amide bonds. The number of carbonyl (C=O) groups excluding carboxylic acids is 1. The molecule has 1 aliphatic rings. The van der Waals surface area contributed by atoms with E-state index in [-0.39, 0.29) is 18.1 Å². The Kier molecular flexibility index (Phi) is 4.68. The van der Waals surface area contributed by atoms with E-state index >= 15 is 0 Å². The van der Waals surface area contributed by atoms with Crippen molar-refractivity contribution < 1.29 is 13.9 Å². The second-order valence-corrected chi connectivity index (χ2v) is 6.51. The zero-order chi connectivity index (χ0) is 18.8. The summed E-state index contributed by atoms with van der Waals surface area (Å²) < 4.78 is 11.2. The molecule has 1 aliphatic heterocycles. The lowest BCUT2D eigenvalue weighted by Gasteiger charge is -2.19. The monoisotopic (exact) mass is 364 g/mol. The summed E-state index contributed by atoms with van der Waals surface area (Å²) in [6.07, 6.45) is 6.07. The van der Waals surface area contributed by atoms with Crippen LogP contribution in [0.25, 0.3) is 23.1 Å². The molecular formula is C20H20N4O3. The maximum atomic E-state index is 11.9. The Balaban J connectivity index is 1.57. The highest BCUT2D eigenvalue weighted by Gasteiger charge is 2.38. The molecule has 27 heavy (non-hydrogen) atoms. The third-order valence-corrected chi connectivity index (χ3v) is 4.81. The minimum atomic E-state index is -0.249. The van der Waals surface area contributed by atoms with E-state index in [1.165, 1.54) is 6.92 Å². The Hall–Kier alpha value is -3.06. The molecule has 2 atom stereocenters. The van der Waals surface area contributed by atoms with Crippen molar-refractivity contribution in [2.75, 3.05) is 13.7 Å². The van der Waals surface area contributed by atoms with Crippen LogP contribution in [0.4, 0.5) is 0 Å². The first-order valence-electron chi connectivity index (χ1n) is 8.81. The van der Waals surface area contributed by atoms with Gasteiger partial charge < -0.3 is 14.1 Å². The smallest absolute Gasteiger partial charge is 0.240 e. The summed E-state index contributed by atoms with van der Waals surface area (Å²) in [4.78, 5) is 18.0. The van der Waals surface area contributed by atoms with Gasteiger partial charge in [-0.1, -0.05) is 24.3 Å². The Morgan fingerprint density at radius 1 is 1.26 bits per heavy atom. The second kappa shape index (κ2) is 7.28. The van der Waals surface area contributed by atoms with E-state index in [0.29, 0.717) is 24.7 Å². The summed E-state index contributed by atoms with van der Waals surface area (Å²) in [7, 11) is 1.64. The van der Waals surface area contributed by atoms with Crippen LogP contribution in [0.1, 0.15) is 36.7 Å². The quantitative estimate of drug-likeness (QED) is 0.708. The van der Waals surface area contributed by atoms with Gasteiger partial charge in [0.25, 0.3) is 0 Å². The number of para-hydroxylation sites is 1. The molecule has 4 rings (SSSR count). The lowest BCUT2D eigenvalue weighted by Crippen LogP contribution is -2.29. The lowest BCUT2D eigenvalue weighted by atomic mass is 10.1. The molecule has 3 heterocycles. The highest BCUT2D eigenvalue weighted by Crippen LogP contribution is 2.32. The molecule has 7 nitrogen and oxygen atoms in total. The first-order chi connectivity index (χ1) is 13.2. The fourth-order valence-corrected chi connectivity index (χ4v) is 3.42. The van der Waals surface area contributed by atoms with Crippen molar-refractivity contribution >= 4 is 29.0 Å². The minimum absolute atomic E-state index is 0.0217. The van der Waals surface area contributed by atoms with E-state index in [9.17, 15) is 4.79 Å². The molecule has 0 radical (unpaired) electrons. The molecule has 0 saturated carbocycles. The van der Waals surface area contributed by atoms with Gasteiger partial charge in [0, 0.05) is 50.2 Å². The van der Waals surface area contributed by atoms with E-state index in [2.05, 4.69) is 15.2 Å². The van der Waals surface area contributed by atoms with Crippen LogP contribution in [-0.2, 0) is 9.53 Å². The SMILES string of the molecule is CO[C@H]1C[C@H](c2nnc(/C=C/c3cccc4cccnc34)o2)N(C(C)=O)C1. The topological polar surface area (TPSA) is 81.3 Å². The van der Waals surface area contributed by atoms with Crippen LogP contribution in [0.15, 0.2) is 40.9 Å². The van der Waals surface area contributed by atoms with Crippen molar-refractivity contribution in [2.24, 2.45) is 0 Å². The maximum Gasteiger partial charge on any atom is 0.240 e. The van der Waals surface area contributed by atoms with Gasteiger partial charge in [0.15, 0.2) is 0 Å². The van der Waals surface area contributed by atoms with Gasteiger partial charge >= 0.3 is 0 Å². The average Bonchev–Trinajstić information content (AvgIpc) is 3.33. The molecule has 0 bridgehead atoms. The third-order valence-electron chi connectivity index (χ3n) is 4.81. The number of aromatic nitrogens is 3. The highest BCUT2D eigenvalue weighted by molar-refractivity contribution is 5.89. The third kappa shape index (κ3) is 3.46. The van der Waals surface area contributed by atoms with Crippen LogP contribution >= 0.6 is 0 Å². The van der Waals surface area contributed by atoms with Gasteiger partial charge in [-0.25, -0.2) is 0 Å². The number of hydrogen-bond acceptors (Lipinski definition) is 6. The predicted octanol–water partition coefficient (Wildman–Crippen LogP) is 3.10. The molecule has 1 saturated heterocycles. The van der Waals surface area contributed by atoms with Gasteiger partial charge in [-0.15, -0.1) is 10.2 Å². The first-order valence-corrected chi connectivity index (χ1v) is 8.81. The minimum Gasteiger partial charge on any atom is -0.419 e. The number of pyridine rings is 1. The molecule has 1 aromatic carbocycles. The fraction of sp³-hybridized carbons (Fsp3) is 0.300. The van der Waals surface area contributed by atoms with Crippen LogP contribution < -0.4 is 0 Å². The lowest BCUT2D eigenvalue weighted by molar-refractivity contribution is -0.130. The van der Waals surface area contributed by atoms with E-state index in [1.807, 2.05) is 36.4 Å². The number of likely N-dealkylation sites (tertiary alicyclic amines) is 1. The van der Waals surface area contributed by atoms with Crippen molar-refractivity contribution in [3.05, 3.63) is 53.9 Å². The molecule has 0 aliphatic carbocycles. The molecule has 0 spiro atoms. The standard InChI is InChI=1S/C20H20N4O3/c1-13(25)24-12-16(26-2)11-17(24)20-23-22-18(27-20)9-8-15-6-3-5-14-7-4-10-21-19(14)15/h3-10,16-17H,11-12H2,1-2H3/b9-8+/t16-,17+/m0/s1. The van der Waals surface area contributed by atoms with Crippen molar-refractivity contribution in [1.82, 2.24) is 20.1 Å². The average molecular weight is 364 g/mol. The van der Waals surface area contributed by atoms with Crippen LogP contribution in [-0.4, -0.2) is 45.7 Å². The van der Waals surface area contributed by atoms with E-state index in [0.717, 1.165) is 16.5 Å². The van der Waals surface area contributed by atoms with Crippen molar-refractivity contribution in [3.63, 3.8) is 0 Å². The summed E-state index contributed by atoms with van der Waals surface area (Å²) in [5, 5.41) is 9.31. The molecule has 1 fully saturated rings. The number of amides is 1. The number of methoxy groups -OCH3 is 1. The van der Waals surface area contributed by atoms with Gasteiger partial charge in [0.05, 0.1) is 11.6 Å².